The van der Waals surface area contributed by atoms with Gasteiger partial charge in [0.15, 0.2) is 4.34 Å². The molecule has 1 heterocycles. The molecule has 0 aliphatic rings. The van der Waals surface area contributed by atoms with Crippen LogP contribution in [0.5, 0.6) is 0 Å². The van der Waals surface area contributed by atoms with Crippen molar-refractivity contribution in [3.63, 3.8) is 0 Å². The lowest BCUT2D eigenvalue weighted by molar-refractivity contribution is -0.121. The molecule has 0 radical (unpaired) electrons. The molecule has 0 saturated heterocycles. The minimum Gasteiger partial charge on any atom is -0.351 e. The number of anilines is 3. The number of hydrogen-bond donors (Lipinski definition) is 3. The summed E-state index contributed by atoms with van der Waals surface area (Å²) >= 11 is 2.74. The Bertz CT molecular complexity index is 785. The lowest BCUT2D eigenvalue weighted by Crippen LogP contribution is -2.44. The number of nitrogens with one attached hydrogen (secondary N) is 3. The quantitative estimate of drug-likeness (QED) is 0.649. The van der Waals surface area contributed by atoms with Crippen LogP contribution in [0.2, 0.25) is 0 Å². The van der Waals surface area contributed by atoms with Crippen molar-refractivity contribution in [3.8, 4) is 0 Å². The maximum Gasteiger partial charge on any atom is 0.233 e. The summed E-state index contributed by atoms with van der Waals surface area (Å²) in [5.74, 6) is -0.158. The molecule has 2 rings (SSSR count). The first kappa shape index (κ1) is 20.2. The third kappa shape index (κ3) is 6.64. The number of carbonyl (C=O) groups is 2. The van der Waals surface area contributed by atoms with Crippen molar-refractivity contribution in [1.29, 1.82) is 0 Å². The lowest BCUT2D eigenvalue weighted by Gasteiger charge is -2.22. The van der Waals surface area contributed by atoms with Gasteiger partial charge in [0.25, 0.3) is 0 Å². The number of amides is 2. The van der Waals surface area contributed by atoms with Crippen LogP contribution >= 0.6 is 23.1 Å². The SMILES string of the molecule is CC(=O)Nc1cccc(Nc2nnc(SC(C)C(=O)NC(C)(C)C)s2)c1. The van der Waals surface area contributed by atoms with Crippen LogP contribution < -0.4 is 16.0 Å². The van der Waals surface area contributed by atoms with E-state index in [1.165, 1.54) is 30.0 Å². The number of aromatic nitrogens is 2. The predicted molar refractivity (Wildman–Crippen MR) is 107 cm³/mol. The molecule has 1 atom stereocenters. The Morgan fingerprint density at radius 1 is 1.19 bits per heavy atom. The van der Waals surface area contributed by atoms with Crippen molar-refractivity contribution in [2.75, 3.05) is 10.6 Å². The van der Waals surface area contributed by atoms with Crippen molar-refractivity contribution < 1.29 is 9.59 Å². The molecule has 0 fully saturated rings. The molecule has 1 aromatic carbocycles. The van der Waals surface area contributed by atoms with Crippen LogP contribution in [0, 0.1) is 0 Å². The molecule has 140 valence electrons. The third-order valence-corrected chi connectivity index (χ3v) is 5.01. The standard InChI is InChI=1S/C17H23N5O2S2/c1-10(14(24)20-17(3,4)5)25-16-22-21-15(26-16)19-13-8-6-7-12(9-13)18-11(2)23/h6-10H,1-5H3,(H,18,23)(H,19,21)(H,20,24). The van der Waals surface area contributed by atoms with E-state index in [1.54, 1.807) is 0 Å². The molecule has 0 bridgehead atoms. The van der Waals surface area contributed by atoms with Gasteiger partial charge < -0.3 is 16.0 Å². The van der Waals surface area contributed by atoms with Gasteiger partial charge in [-0.3, -0.25) is 9.59 Å². The predicted octanol–water partition coefficient (Wildman–Crippen LogP) is 3.64. The van der Waals surface area contributed by atoms with Gasteiger partial charge >= 0.3 is 0 Å². The van der Waals surface area contributed by atoms with Gasteiger partial charge in [0.1, 0.15) is 0 Å². The molecule has 0 aliphatic carbocycles. The minimum atomic E-state index is -0.266. The summed E-state index contributed by atoms with van der Waals surface area (Å²) in [4.78, 5) is 23.3. The first-order chi connectivity index (χ1) is 12.1. The van der Waals surface area contributed by atoms with Crippen LogP contribution in [0.3, 0.4) is 0 Å². The molecule has 7 nitrogen and oxygen atoms in total. The summed E-state index contributed by atoms with van der Waals surface area (Å²) in [6.07, 6.45) is 0. The highest BCUT2D eigenvalue weighted by Gasteiger charge is 2.21. The highest BCUT2D eigenvalue weighted by molar-refractivity contribution is 8.02. The van der Waals surface area contributed by atoms with Crippen molar-refractivity contribution in [1.82, 2.24) is 15.5 Å². The van der Waals surface area contributed by atoms with E-state index in [4.69, 9.17) is 0 Å². The Morgan fingerprint density at radius 2 is 1.88 bits per heavy atom. The van der Waals surface area contributed by atoms with Gasteiger partial charge in [-0.1, -0.05) is 29.2 Å². The van der Waals surface area contributed by atoms with E-state index in [1.807, 2.05) is 52.0 Å². The number of rotatable bonds is 6. The van der Waals surface area contributed by atoms with E-state index >= 15 is 0 Å². The van der Waals surface area contributed by atoms with E-state index in [0.29, 0.717) is 15.2 Å². The van der Waals surface area contributed by atoms with E-state index in [0.717, 1.165) is 5.69 Å². The van der Waals surface area contributed by atoms with Gasteiger partial charge in [-0.15, -0.1) is 10.2 Å². The zero-order valence-corrected chi connectivity index (χ0v) is 17.0. The summed E-state index contributed by atoms with van der Waals surface area (Å²) in [7, 11) is 0. The molecule has 1 aromatic heterocycles. The maximum atomic E-state index is 12.2. The molecule has 0 spiro atoms. The summed E-state index contributed by atoms with van der Waals surface area (Å²) in [6, 6.07) is 7.33. The van der Waals surface area contributed by atoms with Gasteiger partial charge in [-0.25, -0.2) is 0 Å². The molecule has 1 unspecified atom stereocenters. The van der Waals surface area contributed by atoms with Gasteiger partial charge in [0, 0.05) is 23.8 Å². The molecular formula is C17H23N5O2S2. The van der Waals surface area contributed by atoms with Gasteiger partial charge in [-0.05, 0) is 45.9 Å². The normalized spacial score (nSPS) is 12.3. The molecule has 26 heavy (non-hydrogen) atoms. The van der Waals surface area contributed by atoms with E-state index < -0.39 is 0 Å². The Labute approximate surface area is 161 Å². The smallest absolute Gasteiger partial charge is 0.233 e. The summed E-state index contributed by atoms with van der Waals surface area (Å²) in [5, 5.41) is 17.4. The number of nitrogens with zero attached hydrogens (tertiary/aromatic N) is 2. The second-order valence-electron chi connectivity index (χ2n) is 6.76. The largest absolute Gasteiger partial charge is 0.351 e. The molecule has 3 N–H and O–H groups in total. The van der Waals surface area contributed by atoms with E-state index in [-0.39, 0.29) is 22.6 Å². The number of benzene rings is 1. The molecule has 2 amide bonds. The Morgan fingerprint density at radius 3 is 2.54 bits per heavy atom. The zero-order chi connectivity index (χ0) is 19.3. The average molecular weight is 394 g/mol. The topological polar surface area (TPSA) is 96.0 Å². The van der Waals surface area contributed by atoms with Crippen molar-refractivity contribution >= 4 is 51.4 Å². The zero-order valence-electron chi connectivity index (χ0n) is 15.4. The van der Waals surface area contributed by atoms with Crippen molar-refractivity contribution in [2.45, 2.75) is 49.7 Å². The molecule has 9 heteroatoms. The van der Waals surface area contributed by atoms with Crippen LogP contribution in [0.15, 0.2) is 28.6 Å². The van der Waals surface area contributed by atoms with Crippen molar-refractivity contribution in [3.05, 3.63) is 24.3 Å². The second kappa shape index (κ2) is 8.50. The summed E-state index contributed by atoms with van der Waals surface area (Å²) in [5.41, 5.74) is 1.23. The van der Waals surface area contributed by atoms with Gasteiger partial charge in [0.05, 0.1) is 5.25 Å². The fourth-order valence-electron chi connectivity index (χ4n) is 1.99. The van der Waals surface area contributed by atoms with Crippen molar-refractivity contribution in [2.24, 2.45) is 0 Å². The average Bonchev–Trinajstić information content (AvgIpc) is 2.92. The summed E-state index contributed by atoms with van der Waals surface area (Å²) in [6.45, 7) is 9.15. The number of hydrogen-bond acceptors (Lipinski definition) is 7. The third-order valence-electron chi connectivity index (χ3n) is 2.99. The number of carbonyl (C=O) groups excluding carboxylic acids is 2. The lowest BCUT2D eigenvalue weighted by atomic mass is 10.1. The maximum absolute atomic E-state index is 12.2. The Kier molecular flexibility index (Phi) is 6.60. The molecular weight excluding hydrogens is 370 g/mol. The Hall–Kier alpha value is -2.13. The second-order valence-corrected chi connectivity index (χ2v) is 9.32. The van der Waals surface area contributed by atoms with Crippen LogP contribution in [0.25, 0.3) is 0 Å². The van der Waals surface area contributed by atoms with Gasteiger partial charge in [-0.2, -0.15) is 0 Å². The van der Waals surface area contributed by atoms with Crippen LogP contribution in [0.1, 0.15) is 34.6 Å². The first-order valence-electron chi connectivity index (χ1n) is 8.09. The van der Waals surface area contributed by atoms with Crippen LogP contribution in [-0.2, 0) is 9.59 Å². The molecule has 0 aliphatic heterocycles. The van der Waals surface area contributed by atoms with Crippen LogP contribution in [0.4, 0.5) is 16.5 Å². The van der Waals surface area contributed by atoms with Gasteiger partial charge in [0.2, 0.25) is 16.9 Å². The minimum absolute atomic E-state index is 0.0322. The number of thioether (sulfide) groups is 1. The monoisotopic (exact) mass is 393 g/mol. The van der Waals surface area contributed by atoms with E-state index in [9.17, 15) is 9.59 Å². The fraction of sp³-hybridized carbons (Fsp3) is 0.412. The molecule has 2 aromatic rings. The van der Waals surface area contributed by atoms with E-state index in [2.05, 4.69) is 26.1 Å². The fourth-order valence-corrected chi connectivity index (χ4v) is 3.90. The summed E-state index contributed by atoms with van der Waals surface area (Å²) < 4.78 is 0.710. The highest BCUT2D eigenvalue weighted by Crippen LogP contribution is 2.31. The molecule has 0 saturated carbocycles. The Balaban J connectivity index is 1.97. The first-order valence-corrected chi connectivity index (χ1v) is 9.79. The van der Waals surface area contributed by atoms with Crippen LogP contribution in [-0.4, -0.2) is 32.8 Å². The highest BCUT2D eigenvalue weighted by atomic mass is 32.2.